The van der Waals surface area contributed by atoms with Gasteiger partial charge >= 0.3 is 5.97 Å². The van der Waals surface area contributed by atoms with Gasteiger partial charge in [0.25, 0.3) is 5.91 Å². The Kier molecular flexibility index (Phi) is 5.93. The Morgan fingerprint density at radius 2 is 1.70 bits per heavy atom. The van der Waals surface area contributed by atoms with Crippen LogP contribution in [-0.2, 0) is 17.6 Å². The van der Waals surface area contributed by atoms with Crippen LogP contribution < -0.4 is 10.1 Å². The smallest absolute Gasteiger partial charge is 0.330 e. The number of hydrogen-bond acceptors (Lipinski definition) is 3. The predicted octanol–water partition coefficient (Wildman–Crippen LogP) is 4.98. The normalized spacial score (nSPS) is 14.1. The fraction of sp³-hybridized carbons (Fsp3) is 0.259. The number of carbonyl (C=O) groups excluding carboxylic acids is 1. The molecule has 4 rings (SSSR count). The lowest BCUT2D eigenvalue weighted by molar-refractivity contribution is -0.144. The summed E-state index contributed by atoms with van der Waals surface area (Å²) in [5.41, 5.74) is 2.54. The number of aliphatic carboxylic acids is 1. The highest BCUT2D eigenvalue weighted by atomic mass is 19.1. The van der Waals surface area contributed by atoms with Crippen molar-refractivity contribution in [2.75, 3.05) is 7.11 Å². The van der Waals surface area contributed by atoms with Crippen molar-refractivity contribution in [3.05, 3.63) is 88.7 Å². The maximum absolute atomic E-state index is 15.0. The number of amides is 1. The minimum atomic E-state index is -1.48. The van der Waals surface area contributed by atoms with Crippen LogP contribution in [0.3, 0.4) is 0 Å². The van der Waals surface area contributed by atoms with E-state index in [4.69, 9.17) is 4.74 Å². The average Bonchev–Trinajstić information content (AvgIpc) is 3.18. The summed E-state index contributed by atoms with van der Waals surface area (Å²) in [6, 6.07) is 17.7. The Bertz CT molecular complexity index is 1210. The van der Waals surface area contributed by atoms with Crippen molar-refractivity contribution in [2.45, 2.75) is 38.1 Å². The number of fused-ring (bicyclic) bond motifs is 1. The highest BCUT2D eigenvalue weighted by molar-refractivity contribution is 6.00. The van der Waals surface area contributed by atoms with E-state index < -0.39 is 23.2 Å². The third kappa shape index (κ3) is 4.21. The molecule has 0 saturated carbocycles. The molecule has 6 heteroatoms. The summed E-state index contributed by atoms with van der Waals surface area (Å²) in [6.07, 6.45) is 0.346. The second kappa shape index (κ2) is 8.70. The quantitative estimate of drug-likeness (QED) is 0.559. The largest absolute Gasteiger partial charge is 0.493 e. The first-order valence-electron chi connectivity index (χ1n) is 10.8. The van der Waals surface area contributed by atoms with Crippen molar-refractivity contribution in [3.8, 4) is 16.9 Å². The van der Waals surface area contributed by atoms with Crippen LogP contribution in [0, 0.1) is 5.82 Å². The van der Waals surface area contributed by atoms with Crippen LogP contribution in [0.4, 0.5) is 4.39 Å². The average molecular weight is 448 g/mol. The Hall–Kier alpha value is -3.67. The van der Waals surface area contributed by atoms with Crippen molar-refractivity contribution in [1.29, 1.82) is 0 Å². The topological polar surface area (TPSA) is 75.6 Å². The van der Waals surface area contributed by atoms with Gasteiger partial charge in [0, 0.05) is 24.0 Å². The van der Waals surface area contributed by atoms with Crippen LogP contribution in [0.2, 0.25) is 0 Å². The van der Waals surface area contributed by atoms with Gasteiger partial charge < -0.3 is 15.2 Å². The van der Waals surface area contributed by atoms with Gasteiger partial charge in [-0.15, -0.1) is 0 Å². The van der Waals surface area contributed by atoms with Crippen molar-refractivity contribution in [1.82, 2.24) is 5.32 Å². The maximum atomic E-state index is 15.0. The highest BCUT2D eigenvalue weighted by Crippen LogP contribution is 2.36. The van der Waals surface area contributed by atoms with E-state index in [2.05, 4.69) is 19.2 Å². The first-order valence-corrected chi connectivity index (χ1v) is 10.8. The third-order valence-electron chi connectivity index (χ3n) is 6.24. The van der Waals surface area contributed by atoms with Gasteiger partial charge in [0.15, 0.2) is 11.6 Å². The summed E-state index contributed by atoms with van der Waals surface area (Å²) in [6.45, 7) is 4.12. The number of rotatable bonds is 6. The minimum absolute atomic E-state index is 0.0358. The molecule has 0 atom stereocenters. The van der Waals surface area contributed by atoms with Crippen molar-refractivity contribution in [3.63, 3.8) is 0 Å². The monoisotopic (exact) mass is 447 g/mol. The molecular weight excluding hydrogens is 421 g/mol. The van der Waals surface area contributed by atoms with Crippen LogP contribution in [-0.4, -0.2) is 29.6 Å². The molecule has 1 aliphatic carbocycles. The third-order valence-corrected chi connectivity index (χ3v) is 6.24. The first-order chi connectivity index (χ1) is 15.7. The van der Waals surface area contributed by atoms with E-state index in [9.17, 15) is 19.1 Å². The Labute approximate surface area is 192 Å². The molecule has 0 fully saturated rings. The Morgan fingerprint density at radius 1 is 1.03 bits per heavy atom. The fourth-order valence-corrected chi connectivity index (χ4v) is 4.41. The SMILES string of the molecule is COc1c(F)cc(C(=O)NC2(C(=O)O)Cc3ccccc3C2)cc1-c1cccc(C(C)C)c1. The molecule has 2 N–H and O–H groups in total. The lowest BCUT2D eigenvalue weighted by Crippen LogP contribution is -2.55. The van der Waals surface area contributed by atoms with Crippen LogP contribution in [0.15, 0.2) is 60.7 Å². The zero-order valence-corrected chi connectivity index (χ0v) is 18.8. The van der Waals surface area contributed by atoms with Gasteiger partial charge in [-0.2, -0.15) is 0 Å². The van der Waals surface area contributed by atoms with Crippen molar-refractivity contribution >= 4 is 11.9 Å². The summed E-state index contributed by atoms with van der Waals surface area (Å²) < 4.78 is 20.3. The van der Waals surface area contributed by atoms with Crippen LogP contribution in [0.5, 0.6) is 5.75 Å². The van der Waals surface area contributed by atoms with Gasteiger partial charge in [0.1, 0.15) is 5.54 Å². The predicted molar refractivity (Wildman–Crippen MR) is 124 cm³/mol. The molecule has 0 aromatic heterocycles. The molecule has 5 nitrogen and oxygen atoms in total. The molecule has 33 heavy (non-hydrogen) atoms. The molecule has 0 unspecified atom stereocenters. The number of hydrogen-bond donors (Lipinski definition) is 2. The molecule has 0 saturated heterocycles. The summed E-state index contributed by atoms with van der Waals surface area (Å²) in [5.74, 6) is -2.14. The van der Waals surface area contributed by atoms with E-state index in [1.54, 1.807) is 6.07 Å². The van der Waals surface area contributed by atoms with Crippen LogP contribution in [0.1, 0.15) is 46.8 Å². The molecule has 3 aromatic rings. The molecule has 3 aromatic carbocycles. The summed E-state index contributed by atoms with van der Waals surface area (Å²) in [7, 11) is 1.38. The molecule has 0 spiro atoms. The molecule has 170 valence electrons. The van der Waals surface area contributed by atoms with E-state index in [1.165, 1.54) is 7.11 Å². The molecule has 0 bridgehead atoms. The van der Waals surface area contributed by atoms with E-state index >= 15 is 0 Å². The Morgan fingerprint density at radius 3 is 2.27 bits per heavy atom. The van der Waals surface area contributed by atoms with Crippen molar-refractivity contribution < 1.29 is 23.8 Å². The minimum Gasteiger partial charge on any atom is -0.493 e. The van der Waals surface area contributed by atoms with Gasteiger partial charge in [-0.1, -0.05) is 62.4 Å². The zero-order chi connectivity index (χ0) is 23.8. The fourth-order valence-electron chi connectivity index (χ4n) is 4.41. The van der Waals surface area contributed by atoms with E-state index in [0.29, 0.717) is 11.1 Å². The van der Waals surface area contributed by atoms with Crippen LogP contribution >= 0.6 is 0 Å². The standard InChI is InChI=1S/C27H26FNO4/c1-16(2)17-9-6-10-18(11-17)22-12-21(13-23(28)24(22)33-3)25(30)29-27(26(31)32)14-19-7-4-5-8-20(19)15-27/h4-13,16H,14-15H2,1-3H3,(H,29,30)(H,31,32). The maximum Gasteiger partial charge on any atom is 0.330 e. The van der Waals surface area contributed by atoms with Gasteiger partial charge in [-0.3, -0.25) is 4.79 Å². The van der Waals surface area contributed by atoms with Crippen molar-refractivity contribution in [2.24, 2.45) is 0 Å². The number of halogens is 1. The molecule has 0 radical (unpaired) electrons. The second-order valence-electron chi connectivity index (χ2n) is 8.78. The number of benzene rings is 3. The summed E-state index contributed by atoms with van der Waals surface area (Å²) in [4.78, 5) is 25.4. The number of nitrogens with one attached hydrogen (secondary N) is 1. The van der Waals surface area contributed by atoms with E-state index in [0.717, 1.165) is 22.8 Å². The van der Waals surface area contributed by atoms with E-state index in [1.807, 2.05) is 48.5 Å². The van der Waals surface area contributed by atoms with Gasteiger partial charge in [0.2, 0.25) is 0 Å². The van der Waals surface area contributed by atoms with Crippen LogP contribution in [0.25, 0.3) is 11.1 Å². The highest BCUT2D eigenvalue weighted by Gasteiger charge is 2.45. The number of carbonyl (C=O) groups is 2. The molecular formula is C27H26FNO4. The first kappa shape index (κ1) is 22.5. The zero-order valence-electron chi connectivity index (χ0n) is 18.8. The summed E-state index contributed by atoms with van der Waals surface area (Å²) in [5, 5.41) is 12.7. The molecule has 1 aliphatic rings. The van der Waals surface area contributed by atoms with Gasteiger partial charge in [-0.25, -0.2) is 9.18 Å². The number of carboxylic acid groups (broad SMARTS) is 1. The lowest BCUT2D eigenvalue weighted by Gasteiger charge is -2.26. The number of methoxy groups -OCH3 is 1. The van der Waals surface area contributed by atoms with Gasteiger partial charge in [0.05, 0.1) is 7.11 Å². The molecule has 1 amide bonds. The summed E-state index contributed by atoms with van der Waals surface area (Å²) >= 11 is 0. The number of ether oxygens (including phenoxy) is 1. The number of carboxylic acids is 1. The Balaban J connectivity index is 1.72. The molecule has 0 aliphatic heterocycles. The van der Waals surface area contributed by atoms with Gasteiger partial charge in [-0.05, 0) is 40.3 Å². The van der Waals surface area contributed by atoms with E-state index in [-0.39, 0.29) is 30.1 Å². The lowest BCUT2D eigenvalue weighted by atomic mass is 9.93. The second-order valence-corrected chi connectivity index (χ2v) is 8.78. The molecule has 0 heterocycles.